The van der Waals surface area contributed by atoms with Gasteiger partial charge in [0, 0.05) is 69.7 Å². The van der Waals surface area contributed by atoms with Crippen LogP contribution < -0.4 is 16.0 Å². The molecule has 254 valence electrons. The zero-order chi connectivity index (χ0) is 33.6. The van der Waals surface area contributed by atoms with E-state index in [9.17, 15) is 39.0 Å². The molecule has 0 spiro atoms. The minimum Gasteiger partial charge on any atom is -0.481 e. The Hall–Kier alpha value is -3.95. The van der Waals surface area contributed by atoms with E-state index in [2.05, 4.69) is 26.0 Å². The first-order valence-corrected chi connectivity index (χ1v) is 15.1. The van der Waals surface area contributed by atoms with Crippen molar-refractivity contribution in [1.82, 2.24) is 16.0 Å². The Bertz CT molecular complexity index is 1040. The molecule has 1 unspecified atom stereocenters. The molecule has 1 heterocycles. The summed E-state index contributed by atoms with van der Waals surface area (Å²) in [4.78, 5) is 73.4. The summed E-state index contributed by atoms with van der Waals surface area (Å²) in [6.45, 7) is 3.42. The lowest BCUT2D eigenvalue weighted by Gasteiger charge is -2.46. The molecular weight excluding hydrogens is 596 g/mol. The Kier molecular flexibility index (Phi) is 19.6. The van der Waals surface area contributed by atoms with E-state index in [1.165, 1.54) is 13.8 Å². The normalized spacial score (nSPS) is 20.7. The van der Waals surface area contributed by atoms with Crippen molar-refractivity contribution in [3.05, 3.63) is 10.4 Å². The predicted molar refractivity (Wildman–Crippen MR) is 157 cm³/mol. The average molecular weight is 643 g/mol. The maximum Gasteiger partial charge on any atom is 0.303 e. The molecule has 0 aliphatic carbocycles. The van der Waals surface area contributed by atoms with Gasteiger partial charge in [0.25, 0.3) is 0 Å². The smallest absolute Gasteiger partial charge is 0.303 e. The molecule has 5 atom stereocenters. The highest BCUT2D eigenvalue weighted by molar-refractivity contribution is 5.76. The topological polar surface area (TPSA) is 255 Å². The van der Waals surface area contributed by atoms with E-state index in [-0.39, 0.29) is 31.4 Å². The van der Waals surface area contributed by atoms with E-state index in [0.29, 0.717) is 51.7 Å². The zero-order valence-corrected chi connectivity index (χ0v) is 25.9. The molecule has 0 aromatic rings. The van der Waals surface area contributed by atoms with Crippen molar-refractivity contribution >= 4 is 35.6 Å². The largest absolute Gasteiger partial charge is 0.481 e. The summed E-state index contributed by atoms with van der Waals surface area (Å²) in [6.07, 6.45) is 1.19. The molecule has 17 heteroatoms. The lowest BCUT2D eigenvalue weighted by Crippen LogP contribution is -2.60. The number of carbonyl (C=O) groups excluding carboxylic acids is 4. The number of carboxylic acids is 2. The van der Waals surface area contributed by atoms with Gasteiger partial charge in [0.05, 0.1) is 25.0 Å². The van der Waals surface area contributed by atoms with Crippen molar-refractivity contribution in [2.75, 3.05) is 32.8 Å². The first-order chi connectivity index (χ1) is 21.4. The summed E-state index contributed by atoms with van der Waals surface area (Å²) in [7, 11) is 0. The lowest BCUT2D eigenvalue weighted by atomic mass is 9.75. The fourth-order valence-electron chi connectivity index (χ4n) is 4.98. The fraction of sp³-hybridized carbons (Fsp3) is 0.786. The van der Waals surface area contributed by atoms with Gasteiger partial charge in [-0.05, 0) is 37.6 Å². The van der Waals surface area contributed by atoms with Gasteiger partial charge in [-0.25, -0.2) is 0 Å². The molecule has 0 bridgehead atoms. The number of hydrogen-bond acceptors (Lipinski definition) is 10. The number of carbonyl (C=O) groups is 6. The third kappa shape index (κ3) is 17.8. The number of nitrogens with zero attached hydrogens (tertiary/aromatic N) is 3. The molecule has 1 aliphatic rings. The van der Waals surface area contributed by atoms with Crippen LogP contribution >= 0.6 is 0 Å². The van der Waals surface area contributed by atoms with Gasteiger partial charge in [-0.3, -0.25) is 28.8 Å². The highest BCUT2D eigenvalue weighted by Crippen LogP contribution is 2.37. The zero-order valence-electron chi connectivity index (χ0n) is 25.9. The number of rotatable bonds is 23. The van der Waals surface area contributed by atoms with Crippen LogP contribution in [0.5, 0.6) is 0 Å². The molecule has 17 nitrogen and oxygen atoms in total. The highest BCUT2D eigenvalue weighted by atomic mass is 16.7. The second-order valence-corrected chi connectivity index (χ2v) is 10.7. The highest BCUT2D eigenvalue weighted by Gasteiger charge is 2.48. The third-order valence-corrected chi connectivity index (χ3v) is 7.04. The van der Waals surface area contributed by atoms with Gasteiger partial charge >= 0.3 is 17.9 Å². The number of amides is 3. The van der Waals surface area contributed by atoms with E-state index in [1.807, 2.05) is 0 Å². The second-order valence-electron chi connectivity index (χ2n) is 10.7. The number of ether oxygens (including phenoxy) is 3. The Morgan fingerprint density at radius 3 is 2.00 bits per heavy atom. The van der Waals surface area contributed by atoms with Gasteiger partial charge in [0.1, 0.15) is 6.61 Å². The monoisotopic (exact) mass is 642 g/mol. The Morgan fingerprint density at radius 2 is 1.44 bits per heavy atom. The Balaban J connectivity index is 2.52. The molecular formula is C28H46N6O11. The number of carboxylic acid groups (broad SMARTS) is 2. The quantitative estimate of drug-likeness (QED) is 0.0352. The molecule has 5 N–H and O–H groups in total. The summed E-state index contributed by atoms with van der Waals surface area (Å²) in [5, 5.41) is 30.7. The predicted octanol–water partition coefficient (Wildman–Crippen LogP) is 1.64. The fourth-order valence-corrected chi connectivity index (χ4v) is 4.98. The number of hydrogen-bond donors (Lipinski definition) is 5. The van der Waals surface area contributed by atoms with E-state index in [0.717, 1.165) is 12.8 Å². The number of azide groups is 1. The Morgan fingerprint density at radius 1 is 0.844 bits per heavy atom. The van der Waals surface area contributed by atoms with E-state index < -0.39 is 66.9 Å². The van der Waals surface area contributed by atoms with Crippen molar-refractivity contribution in [1.29, 1.82) is 0 Å². The molecule has 0 saturated carbocycles. The van der Waals surface area contributed by atoms with Crippen molar-refractivity contribution in [3.8, 4) is 0 Å². The number of esters is 1. The van der Waals surface area contributed by atoms with Crippen molar-refractivity contribution in [3.63, 3.8) is 0 Å². The minimum atomic E-state index is -1.21. The third-order valence-electron chi connectivity index (χ3n) is 7.04. The van der Waals surface area contributed by atoms with E-state index in [1.54, 1.807) is 0 Å². The molecule has 1 aliphatic heterocycles. The maximum atomic E-state index is 12.2. The molecule has 1 rings (SSSR count). The molecule has 45 heavy (non-hydrogen) atoms. The number of unbranched alkanes of at least 4 members (excludes halogenated alkanes) is 3. The SMILES string of the molecule is CC(=O)N[C@H]1C(OCCCCC(=O)NCCCNC(=O)CCCCCN=[N+]=[N-])O[C@@H](COC(C)=O)[C@H](CC(=O)O)[C@H]1CC(=O)O. The lowest BCUT2D eigenvalue weighted by molar-refractivity contribution is -0.250. The molecule has 0 aromatic carbocycles. The maximum absolute atomic E-state index is 12.2. The average Bonchev–Trinajstić information content (AvgIpc) is 2.95. The Labute approximate surface area is 261 Å². The number of aliphatic carboxylic acids is 2. The summed E-state index contributed by atoms with van der Waals surface area (Å²) < 4.78 is 16.8. The van der Waals surface area contributed by atoms with Gasteiger partial charge in [0.15, 0.2) is 6.29 Å². The molecule has 1 fully saturated rings. The van der Waals surface area contributed by atoms with Crippen LogP contribution in [-0.2, 0) is 43.0 Å². The van der Waals surface area contributed by atoms with Crippen LogP contribution in [0.2, 0.25) is 0 Å². The van der Waals surface area contributed by atoms with Crippen LogP contribution in [-0.4, -0.2) is 97.1 Å². The summed E-state index contributed by atoms with van der Waals surface area (Å²) in [6, 6.07) is -0.982. The van der Waals surface area contributed by atoms with Crippen molar-refractivity contribution in [2.24, 2.45) is 17.0 Å². The van der Waals surface area contributed by atoms with E-state index >= 15 is 0 Å². The summed E-state index contributed by atoms with van der Waals surface area (Å²) in [5.74, 6) is -5.57. The molecule has 0 aromatic heterocycles. The van der Waals surface area contributed by atoms with Crippen LogP contribution in [0.3, 0.4) is 0 Å². The van der Waals surface area contributed by atoms with Crippen LogP contribution in [0, 0.1) is 11.8 Å². The van der Waals surface area contributed by atoms with Crippen molar-refractivity contribution in [2.45, 2.75) is 96.5 Å². The van der Waals surface area contributed by atoms with Gasteiger partial charge in [-0.15, -0.1) is 0 Å². The van der Waals surface area contributed by atoms with Gasteiger partial charge in [0.2, 0.25) is 17.7 Å². The van der Waals surface area contributed by atoms with Crippen LogP contribution in [0.4, 0.5) is 0 Å². The van der Waals surface area contributed by atoms with Crippen LogP contribution in [0.25, 0.3) is 10.4 Å². The first-order valence-electron chi connectivity index (χ1n) is 15.1. The molecule has 3 amide bonds. The van der Waals surface area contributed by atoms with Crippen LogP contribution in [0.1, 0.15) is 78.1 Å². The molecule has 1 saturated heterocycles. The summed E-state index contributed by atoms with van der Waals surface area (Å²) in [5.41, 5.74) is 8.22. The standard InChI is InChI=1S/C28H46N6O11/c1-18(35)33-27-21(16-26(41)42)20(15-25(39)40)22(17-44-19(2)36)45-28(27)43-14-7-5-10-24(38)31-12-8-11-30-23(37)9-4-3-6-13-32-34-29/h20-22,27-28H,3-17H2,1-2H3,(H,30,37)(H,31,38)(H,33,35)(H,39,40)(H,41,42)/t20-,21-,22+,27-,28?/m1/s1. The second kappa shape index (κ2) is 22.5. The summed E-state index contributed by atoms with van der Waals surface area (Å²) >= 11 is 0. The van der Waals surface area contributed by atoms with Crippen LogP contribution in [0.15, 0.2) is 5.11 Å². The van der Waals surface area contributed by atoms with E-state index in [4.69, 9.17) is 19.7 Å². The van der Waals surface area contributed by atoms with Gasteiger partial charge < -0.3 is 40.4 Å². The van der Waals surface area contributed by atoms with Gasteiger partial charge in [-0.2, -0.15) is 0 Å². The number of nitrogens with one attached hydrogen (secondary N) is 3. The minimum absolute atomic E-state index is 0.0721. The van der Waals surface area contributed by atoms with Gasteiger partial charge in [-0.1, -0.05) is 11.5 Å². The first kappa shape index (κ1) is 39.1. The molecule has 0 radical (unpaired) electrons. The van der Waals surface area contributed by atoms with Crippen molar-refractivity contribution < 1.29 is 53.2 Å².